The number of benzene rings is 4. The van der Waals surface area contributed by atoms with Gasteiger partial charge in [0.2, 0.25) is 6.17 Å². The normalized spacial score (nSPS) is 13.6. The largest absolute Gasteiger partial charge is 0.312 e. The molecule has 0 saturated heterocycles. The van der Waals surface area contributed by atoms with Crippen LogP contribution in [0.4, 0.5) is 11.4 Å². The van der Waals surface area contributed by atoms with Crippen molar-refractivity contribution < 1.29 is 0 Å². The van der Waals surface area contributed by atoms with Gasteiger partial charge in [-0.3, -0.25) is 0 Å². The van der Waals surface area contributed by atoms with Crippen LogP contribution in [0.5, 0.6) is 0 Å². The minimum Gasteiger partial charge on any atom is -0.312 e. The molecule has 6 rings (SSSR count). The standard InChI is InChI=1S/C42H46N5/c1-27(2)33-21-15-22-34(28(3)4)37(33)46-25-26-47(38-35(29(5)6)23-16-24-36(38)30(7)8)42(46)41-44-39(31-17-11-9-12-18-31)43-40(45-41)32-19-13-10-14-20-32/h9-30H,1-8H3. The highest BCUT2D eigenvalue weighted by molar-refractivity contribution is 5.78. The van der Waals surface area contributed by atoms with Crippen LogP contribution >= 0.6 is 0 Å². The monoisotopic (exact) mass is 620 g/mol. The number of anilines is 2. The zero-order chi connectivity index (χ0) is 33.2. The Bertz CT molecular complexity index is 1670. The summed E-state index contributed by atoms with van der Waals surface area (Å²) in [6, 6.07) is 33.9. The second kappa shape index (κ2) is 13.5. The summed E-state index contributed by atoms with van der Waals surface area (Å²) in [6.07, 6.45) is 5.32. The first-order valence-electron chi connectivity index (χ1n) is 16.9. The molecule has 1 aromatic heterocycles. The van der Waals surface area contributed by atoms with Crippen molar-refractivity contribution in [3.63, 3.8) is 0 Å². The molecule has 0 bridgehead atoms. The molecule has 239 valence electrons. The van der Waals surface area contributed by atoms with Crippen LogP contribution in [0.1, 0.15) is 107 Å². The van der Waals surface area contributed by atoms with E-state index in [0.717, 1.165) is 17.3 Å². The molecule has 47 heavy (non-hydrogen) atoms. The molecule has 0 spiro atoms. The van der Waals surface area contributed by atoms with Crippen LogP contribution in [-0.4, -0.2) is 15.0 Å². The van der Waals surface area contributed by atoms with Gasteiger partial charge in [0.05, 0.1) is 11.4 Å². The van der Waals surface area contributed by atoms with Gasteiger partial charge in [-0.25, -0.2) is 15.0 Å². The van der Waals surface area contributed by atoms with E-state index in [9.17, 15) is 0 Å². The van der Waals surface area contributed by atoms with E-state index in [4.69, 9.17) is 15.0 Å². The molecule has 1 aliphatic rings. The Balaban J connectivity index is 1.67. The zero-order valence-corrected chi connectivity index (χ0v) is 28.9. The number of rotatable bonds is 9. The highest BCUT2D eigenvalue weighted by atomic mass is 15.4. The summed E-state index contributed by atoms with van der Waals surface area (Å²) in [7, 11) is 0. The van der Waals surface area contributed by atoms with Gasteiger partial charge >= 0.3 is 0 Å². The first kappa shape index (κ1) is 32.2. The van der Waals surface area contributed by atoms with E-state index in [-0.39, 0.29) is 0 Å². The average Bonchev–Trinajstić information content (AvgIpc) is 3.52. The van der Waals surface area contributed by atoms with E-state index in [1.165, 1.54) is 33.6 Å². The number of hydrogen-bond donors (Lipinski definition) is 0. The number of aromatic nitrogens is 3. The predicted octanol–water partition coefficient (Wildman–Crippen LogP) is 11.0. The van der Waals surface area contributed by atoms with E-state index in [1.54, 1.807) is 0 Å². The highest BCUT2D eigenvalue weighted by Gasteiger charge is 2.39. The quantitative estimate of drug-likeness (QED) is 0.164. The second-order valence-corrected chi connectivity index (χ2v) is 13.6. The van der Waals surface area contributed by atoms with E-state index in [1.807, 2.05) is 36.4 Å². The molecule has 0 N–H and O–H groups in total. The molecular formula is C42H46N5. The summed E-state index contributed by atoms with van der Waals surface area (Å²) in [6.45, 7) is 18.2. The maximum atomic E-state index is 5.28. The Labute approximate surface area is 281 Å². The minimum absolute atomic E-state index is 0.319. The lowest BCUT2D eigenvalue weighted by atomic mass is 9.91. The van der Waals surface area contributed by atoms with Crippen molar-refractivity contribution in [3.8, 4) is 22.8 Å². The molecule has 0 saturated carbocycles. The van der Waals surface area contributed by atoms with Crippen molar-refractivity contribution in [2.75, 3.05) is 9.80 Å². The van der Waals surface area contributed by atoms with Gasteiger partial charge in [-0.2, -0.15) is 0 Å². The van der Waals surface area contributed by atoms with Crippen LogP contribution in [0.3, 0.4) is 0 Å². The molecule has 5 aromatic rings. The van der Waals surface area contributed by atoms with E-state index >= 15 is 0 Å². The smallest absolute Gasteiger partial charge is 0.234 e. The van der Waals surface area contributed by atoms with Crippen molar-refractivity contribution in [1.82, 2.24) is 15.0 Å². The first-order chi connectivity index (χ1) is 22.7. The topological polar surface area (TPSA) is 45.2 Å². The molecule has 0 aliphatic carbocycles. The van der Waals surface area contributed by atoms with Gasteiger partial charge in [0.25, 0.3) is 0 Å². The van der Waals surface area contributed by atoms with Gasteiger partial charge in [-0.05, 0) is 45.9 Å². The van der Waals surface area contributed by atoms with Crippen molar-refractivity contribution in [2.45, 2.75) is 79.1 Å². The summed E-state index contributed by atoms with van der Waals surface area (Å²) in [5, 5.41) is 0. The van der Waals surface area contributed by atoms with Crippen LogP contribution in [-0.2, 0) is 0 Å². The van der Waals surface area contributed by atoms with Gasteiger partial charge in [0, 0.05) is 23.5 Å². The maximum Gasteiger partial charge on any atom is 0.234 e. The van der Waals surface area contributed by atoms with Crippen molar-refractivity contribution in [3.05, 3.63) is 144 Å². The minimum atomic E-state index is 0.319. The zero-order valence-electron chi connectivity index (χ0n) is 28.9. The summed E-state index contributed by atoms with van der Waals surface area (Å²) >= 11 is 0. The fourth-order valence-electron chi connectivity index (χ4n) is 6.46. The predicted molar refractivity (Wildman–Crippen MR) is 196 cm³/mol. The third kappa shape index (κ3) is 6.32. The Morgan fingerprint density at radius 2 is 0.702 bits per heavy atom. The summed E-state index contributed by atoms with van der Waals surface area (Å²) in [5.41, 5.74) is 9.47. The van der Waals surface area contributed by atoms with E-state index in [2.05, 4.69) is 138 Å². The molecule has 1 aliphatic heterocycles. The highest BCUT2D eigenvalue weighted by Crippen LogP contribution is 2.47. The van der Waals surface area contributed by atoms with E-state index < -0.39 is 0 Å². The third-order valence-corrected chi connectivity index (χ3v) is 8.89. The Morgan fingerprint density at radius 3 is 1.02 bits per heavy atom. The number of nitrogens with zero attached hydrogens (tertiary/aromatic N) is 5. The van der Waals surface area contributed by atoms with Crippen LogP contribution in [0.15, 0.2) is 109 Å². The van der Waals surface area contributed by atoms with Crippen LogP contribution in [0.2, 0.25) is 0 Å². The molecular weight excluding hydrogens is 574 g/mol. The molecule has 0 atom stereocenters. The van der Waals surface area contributed by atoms with Gasteiger partial charge in [0.15, 0.2) is 17.5 Å². The van der Waals surface area contributed by atoms with Gasteiger partial charge in [-0.1, -0.05) is 152 Å². The lowest BCUT2D eigenvalue weighted by molar-refractivity contribution is 0.787. The molecule has 5 heteroatoms. The molecule has 0 unspecified atom stereocenters. The number of para-hydroxylation sites is 2. The summed E-state index contributed by atoms with van der Waals surface area (Å²) in [4.78, 5) is 20.3. The van der Waals surface area contributed by atoms with Crippen molar-refractivity contribution in [2.24, 2.45) is 0 Å². The Hall–Kier alpha value is -4.77. The van der Waals surface area contributed by atoms with Crippen LogP contribution < -0.4 is 9.80 Å². The number of hydrogen-bond acceptors (Lipinski definition) is 5. The van der Waals surface area contributed by atoms with Crippen molar-refractivity contribution >= 4 is 11.4 Å². The molecule has 0 amide bonds. The maximum absolute atomic E-state index is 5.28. The van der Waals surface area contributed by atoms with Crippen LogP contribution in [0, 0.1) is 6.17 Å². The van der Waals surface area contributed by atoms with Gasteiger partial charge in [-0.15, -0.1) is 0 Å². The summed E-state index contributed by atoms with van der Waals surface area (Å²) < 4.78 is 0. The summed E-state index contributed by atoms with van der Waals surface area (Å²) in [5.74, 6) is 3.20. The SMILES string of the molecule is CC(C)c1cccc(C(C)C)c1N1C=CN(c2c(C(C)C)cccc2C(C)C)[C]1c1nc(-c2ccccc2)nc(-c2ccccc2)n1. The van der Waals surface area contributed by atoms with Gasteiger partial charge < -0.3 is 9.80 Å². The van der Waals surface area contributed by atoms with Crippen LogP contribution in [0.25, 0.3) is 22.8 Å². The second-order valence-electron chi connectivity index (χ2n) is 13.6. The van der Waals surface area contributed by atoms with Gasteiger partial charge in [0.1, 0.15) is 0 Å². The lowest BCUT2D eigenvalue weighted by Gasteiger charge is -2.36. The first-order valence-corrected chi connectivity index (χ1v) is 16.9. The molecule has 5 nitrogen and oxygen atoms in total. The molecule has 0 fully saturated rings. The fraction of sp³-hybridized carbons (Fsp3) is 0.286. The van der Waals surface area contributed by atoms with E-state index in [0.29, 0.717) is 41.1 Å². The Kier molecular flexibility index (Phi) is 9.26. The molecule has 2 heterocycles. The molecule has 1 radical (unpaired) electrons. The average molecular weight is 621 g/mol. The van der Waals surface area contributed by atoms with Crippen molar-refractivity contribution in [1.29, 1.82) is 0 Å². The fourth-order valence-corrected chi connectivity index (χ4v) is 6.46. The Morgan fingerprint density at radius 1 is 0.383 bits per heavy atom. The lowest BCUT2D eigenvalue weighted by Crippen LogP contribution is -2.36. The third-order valence-electron chi connectivity index (χ3n) is 8.89. The molecule has 4 aromatic carbocycles.